The predicted molar refractivity (Wildman–Crippen MR) is 123 cm³/mol. The van der Waals surface area contributed by atoms with Crippen LogP contribution in [0.3, 0.4) is 0 Å². The SMILES string of the molecule is COC(=O)c1ccccc1C1=c2cc3c(cc2Oc2cc4c(cc21)CCCN4)=NCCC3. The van der Waals surface area contributed by atoms with E-state index in [1.807, 2.05) is 24.3 Å². The molecule has 0 unspecified atom stereocenters. The summed E-state index contributed by atoms with van der Waals surface area (Å²) in [7, 11) is 1.43. The minimum atomic E-state index is -0.338. The Labute approximate surface area is 186 Å². The van der Waals surface area contributed by atoms with Crippen LogP contribution in [0.1, 0.15) is 45.5 Å². The van der Waals surface area contributed by atoms with E-state index in [9.17, 15) is 4.79 Å². The van der Waals surface area contributed by atoms with Crippen LogP contribution < -0.4 is 20.6 Å². The molecule has 3 aliphatic heterocycles. The van der Waals surface area contributed by atoms with Crippen molar-refractivity contribution in [2.45, 2.75) is 25.7 Å². The summed E-state index contributed by atoms with van der Waals surface area (Å²) in [6.07, 6.45) is 4.18. The number of rotatable bonds is 2. The Morgan fingerprint density at radius 3 is 2.78 bits per heavy atom. The highest BCUT2D eigenvalue weighted by molar-refractivity contribution is 5.99. The second-order valence-electron chi connectivity index (χ2n) is 8.51. The fraction of sp³-hybridized carbons (Fsp3) is 0.259. The maximum atomic E-state index is 12.7. The fourth-order valence-corrected chi connectivity index (χ4v) is 5.03. The lowest BCUT2D eigenvalue weighted by Gasteiger charge is -2.27. The molecule has 0 radical (unpaired) electrons. The number of nitrogens with one attached hydrogen (secondary N) is 1. The van der Waals surface area contributed by atoms with Gasteiger partial charge in [-0.25, -0.2) is 4.79 Å². The number of carbonyl (C=O) groups is 1. The highest BCUT2D eigenvalue weighted by Crippen LogP contribution is 2.41. The van der Waals surface area contributed by atoms with Crippen molar-refractivity contribution in [2.75, 3.05) is 25.5 Å². The molecule has 5 nitrogen and oxygen atoms in total. The van der Waals surface area contributed by atoms with Gasteiger partial charge in [-0.3, -0.25) is 4.99 Å². The van der Waals surface area contributed by atoms with E-state index < -0.39 is 0 Å². The van der Waals surface area contributed by atoms with Crippen LogP contribution in [0.15, 0.2) is 53.5 Å². The molecule has 0 spiro atoms. The molecule has 3 aliphatic rings. The van der Waals surface area contributed by atoms with Crippen LogP contribution in [-0.2, 0) is 17.6 Å². The second kappa shape index (κ2) is 7.52. The van der Waals surface area contributed by atoms with Gasteiger partial charge in [0.1, 0.15) is 11.5 Å². The van der Waals surface area contributed by atoms with Gasteiger partial charge in [0.25, 0.3) is 0 Å². The number of methoxy groups -OCH3 is 1. The zero-order valence-electron chi connectivity index (χ0n) is 18.0. The number of nitrogens with zero attached hydrogens (tertiary/aromatic N) is 1. The quantitative estimate of drug-likeness (QED) is 0.498. The Hall–Kier alpha value is -3.60. The van der Waals surface area contributed by atoms with Crippen LogP contribution in [0.25, 0.3) is 5.57 Å². The molecule has 0 aromatic heterocycles. The number of esters is 1. The summed E-state index contributed by atoms with van der Waals surface area (Å²) in [6.45, 7) is 1.82. The van der Waals surface area contributed by atoms with Crippen LogP contribution in [0.5, 0.6) is 11.5 Å². The van der Waals surface area contributed by atoms with Gasteiger partial charge in [-0.15, -0.1) is 0 Å². The first-order valence-electron chi connectivity index (χ1n) is 11.2. The van der Waals surface area contributed by atoms with Gasteiger partial charge in [0.2, 0.25) is 0 Å². The van der Waals surface area contributed by atoms with Gasteiger partial charge in [-0.1, -0.05) is 18.2 Å². The molecule has 0 atom stereocenters. The molecule has 3 aromatic rings. The number of hydrogen-bond acceptors (Lipinski definition) is 5. The fourth-order valence-electron chi connectivity index (χ4n) is 5.03. The number of hydrogen-bond donors (Lipinski definition) is 1. The topological polar surface area (TPSA) is 59.9 Å². The van der Waals surface area contributed by atoms with Gasteiger partial charge >= 0.3 is 5.97 Å². The Bertz CT molecular complexity index is 1390. The number of carbonyl (C=O) groups excluding carboxylic acids is 1. The van der Waals surface area contributed by atoms with E-state index in [1.165, 1.54) is 18.2 Å². The summed E-state index contributed by atoms with van der Waals surface area (Å²) in [4.78, 5) is 17.4. The molecule has 0 aliphatic carbocycles. The molecule has 32 heavy (non-hydrogen) atoms. The van der Waals surface area contributed by atoms with E-state index in [4.69, 9.17) is 14.5 Å². The van der Waals surface area contributed by atoms with Crippen LogP contribution in [0, 0.1) is 0 Å². The molecule has 5 heteroatoms. The highest BCUT2D eigenvalue weighted by Gasteiger charge is 2.27. The van der Waals surface area contributed by atoms with Crippen molar-refractivity contribution in [2.24, 2.45) is 4.99 Å². The third kappa shape index (κ3) is 3.00. The van der Waals surface area contributed by atoms with Gasteiger partial charge in [0.15, 0.2) is 0 Å². The van der Waals surface area contributed by atoms with Crippen molar-refractivity contribution < 1.29 is 14.3 Å². The molecule has 0 saturated carbocycles. The Morgan fingerprint density at radius 1 is 1.00 bits per heavy atom. The first-order valence-corrected chi connectivity index (χ1v) is 11.2. The van der Waals surface area contributed by atoms with E-state index in [0.29, 0.717) is 5.56 Å². The van der Waals surface area contributed by atoms with E-state index in [1.54, 1.807) is 0 Å². The largest absolute Gasteiger partial charge is 0.465 e. The van der Waals surface area contributed by atoms with Gasteiger partial charge in [-0.05, 0) is 60.6 Å². The van der Waals surface area contributed by atoms with E-state index in [2.05, 4.69) is 29.6 Å². The number of ether oxygens (including phenoxy) is 2. The molecule has 0 fully saturated rings. The summed E-state index contributed by atoms with van der Waals surface area (Å²) in [5.74, 6) is 1.25. The predicted octanol–water partition coefficient (Wildman–Crippen LogP) is 3.75. The average Bonchev–Trinajstić information content (AvgIpc) is 2.84. The molecule has 0 saturated heterocycles. The van der Waals surface area contributed by atoms with Gasteiger partial charge in [0.05, 0.1) is 18.0 Å². The Balaban J connectivity index is 1.71. The first kappa shape index (κ1) is 19.1. The molecule has 160 valence electrons. The lowest BCUT2D eigenvalue weighted by atomic mass is 9.87. The highest BCUT2D eigenvalue weighted by atomic mass is 16.5. The molecule has 3 heterocycles. The minimum absolute atomic E-state index is 0.338. The number of benzene rings is 3. The number of anilines is 1. The third-order valence-corrected chi connectivity index (χ3v) is 6.57. The molecule has 0 amide bonds. The third-order valence-electron chi connectivity index (χ3n) is 6.57. The van der Waals surface area contributed by atoms with Crippen molar-refractivity contribution in [1.82, 2.24) is 0 Å². The number of aryl methyl sites for hydroxylation is 2. The van der Waals surface area contributed by atoms with Gasteiger partial charge in [-0.2, -0.15) is 0 Å². The van der Waals surface area contributed by atoms with Gasteiger partial charge in [0, 0.05) is 47.3 Å². The number of fused-ring (bicyclic) bond motifs is 4. The normalized spacial score (nSPS) is 15.7. The van der Waals surface area contributed by atoms with E-state index in [-0.39, 0.29) is 5.97 Å². The smallest absolute Gasteiger partial charge is 0.338 e. The Morgan fingerprint density at radius 2 is 1.88 bits per heavy atom. The molecular formula is C27H24N2O3. The average molecular weight is 425 g/mol. The summed E-state index contributed by atoms with van der Waals surface area (Å²) < 4.78 is 11.6. The molecule has 1 N–H and O–H groups in total. The molecule has 6 rings (SSSR count). The van der Waals surface area contributed by atoms with Crippen molar-refractivity contribution in [3.05, 3.63) is 86.9 Å². The summed E-state index contributed by atoms with van der Waals surface area (Å²) in [6, 6.07) is 16.3. The molecule has 3 aromatic carbocycles. The van der Waals surface area contributed by atoms with Crippen molar-refractivity contribution >= 4 is 17.2 Å². The lowest BCUT2D eigenvalue weighted by molar-refractivity contribution is 0.0600. The summed E-state index contributed by atoms with van der Waals surface area (Å²) >= 11 is 0. The second-order valence-corrected chi connectivity index (χ2v) is 8.51. The van der Waals surface area contributed by atoms with Crippen LogP contribution in [-0.4, -0.2) is 26.2 Å². The van der Waals surface area contributed by atoms with Crippen molar-refractivity contribution in [1.29, 1.82) is 0 Å². The molecule has 0 bridgehead atoms. The zero-order valence-corrected chi connectivity index (χ0v) is 18.0. The monoisotopic (exact) mass is 424 g/mol. The molecular weight excluding hydrogens is 400 g/mol. The maximum absolute atomic E-state index is 12.7. The standard InChI is InChI=1S/C27H24N2O3/c1-31-27(30)19-9-3-2-8-18(19)26-20-12-16-6-4-10-28-22(16)14-24(20)32-25-15-23-17(13-21(25)26)7-5-11-29-23/h2-3,8-9,12-15,28H,4-7,10-11H2,1H3. The Kier molecular flexibility index (Phi) is 4.49. The summed E-state index contributed by atoms with van der Waals surface area (Å²) in [5.41, 5.74) is 7.09. The summed E-state index contributed by atoms with van der Waals surface area (Å²) in [5, 5.41) is 5.52. The zero-order chi connectivity index (χ0) is 21.7. The minimum Gasteiger partial charge on any atom is -0.465 e. The van der Waals surface area contributed by atoms with E-state index >= 15 is 0 Å². The van der Waals surface area contributed by atoms with Crippen LogP contribution in [0.2, 0.25) is 0 Å². The van der Waals surface area contributed by atoms with Crippen LogP contribution in [0.4, 0.5) is 5.69 Å². The van der Waals surface area contributed by atoms with Gasteiger partial charge < -0.3 is 14.8 Å². The van der Waals surface area contributed by atoms with Crippen molar-refractivity contribution in [3.8, 4) is 11.5 Å². The van der Waals surface area contributed by atoms with E-state index in [0.717, 1.165) is 83.2 Å². The van der Waals surface area contributed by atoms with Crippen LogP contribution >= 0.6 is 0 Å². The lowest BCUT2D eigenvalue weighted by Crippen LogP contribution is -2.26. The van der Waals surface area contributed by atoms with Crippen molar-refractivity contribution in [3.63, 3.8) is 0 Å². The maximum Gasteiger partial charge on any atom is 0.338 e. The first-order chi connectivity index (χ1) is 15.7.